The van der Waals surface area contributed by atoms with E-state index in [4.69, 9.17) is 18.9 Å². The van der Waals surface area contributed by atoms with Crippen LogP contribution in [0.25, 0.3) is 11.2 Å². The topological polar surface area (TPSA) is 173 Å². The molecule has 0 bridgehead atoms. The van der Waals surface area contributed by atoms with Crippen LogP contribution in [-0.4, -0.2) is 58.5 Å². The number of hydrogen-bond acceptors (Lipinski definition) is 9. The van der Waals surface area contributed by atoms with Gasteiger partial charge in [0.25, 0.3) is 5.56 Å². The average molecular weight is 444 g/mol. The first kappa shape index (κ1) is 20.3. The van der Waals surface area contributed by atoms with Gasteiger partial charge in [-0.2, -0.15) is 12.6 Å². The lowest BCUT2D eigenvalue weighted by Gasteiger charge is -2.17. The molecule has 3 aromatic heterocycles. The molecule has 1 saturated heterocycles. The molecule has 1 aliphatic heterocycles. The van der Waals surface area contributed by atoms with Gasteiger partial charge in [0.2, 0.25) is 0 Å². The Morgan fingerprint density at radius 2 is 2.21 bits per heavy atom. The summed E-state index contributed by atoms with van der Waals surface area (Å²) in [5.41, 5.74) is -0.171. The molecule has 1 fully saturated rings. The number of imidazole rings is 1. The number of H-pyrrole nitrogens is 1. The average Bonchev–Trinajstić information content (AvgIpc) is 3.35. The van der Waals surface area contributed by atoms with Crippen LogP contribution in [0.15, 0.2) is 33.9 Å². The number of thiol groups is 1. The highest BCUT2D eigenvalue weighted by molar-refractivity contribution is 7.81. The largest absolute Gasteiger partial charge is 0.469 e. The van der Waals surface area contributed by atoms with Crippen molar-refractivity contribution in [1.29, 1.82) is 0 Å². The molecule has 0 aromatic carbocycles. The van der Waals surface area contributed by atoms with Crippen molar-refractivity contribution >= 4 is 31.6 Å². The Balaban J connectivity index is 1.64. The van der Waals surface area contributed by atoms with Gasteiger partial charge >= 0.3 is 7.82 Å². The van der Waals surface area contributed by atoms with Crippen molar-refractivity contribution in [1.82, 2.24) is 19.5 Å². The predicted molar refractivity (Wildman–Crippen MR) is 100 cm³/mol. The molecule has 4 rings (SSSR count). The zero-order valence-electron chi connectivity index (χ0n) is 14.7. The number of aromatic nitrogens is 4. The summed E-state index contributed by atoms with van der Waals surface area (Å²) in [6.45, 7) is -0.538. The Labute approximate surface area is 168 Å². The molecule has 0 aliphatic carbocycles. The summed E-state index contributed by atoms with van der Waals surface area (Å²) in [6, 6.07) is 3.46. The van der Waals surface area contributed by atoms with Crippen molar-refractivity contribution in [3.63, 3.8) is 0 Å². The Morgan fingerprint density at radius 1 is 1.41 bits per heavy atom. The summed E-state index contributed by atoms with van der Waals surface area (Å²) in [6.07, 6.45) is -0.0321. The Hall–Kier alpha value is -1.99. The maximum absolute atomic E-state index is 12.4. The zero-order valence-corrected chi connectivity index (χ0v) is 16.4. The molecule has 156 valence electrons. The second kappa shape index (κ2) is 7.69. The summed E-state index contributed by atoms with van der Waals surface area (Å²) >= 11 is 4.34. The molecule has 4 atom stereocenters. The van der Waals surface area contributed by atoms with Crippen molar-refractivity contribution in [2.75, 3.05) is 6.61 Å². The number of nitrogens with one attached hydrogen (secondary N) is 1. The number of rotatable bonds is 6. The molecular weight excluding hydrogens is 427 g/mol. The lowest BCUT2D eigenvalue weighted by Crippen LogP contribution is -2.30. The van der Waals surface area contributed by atoms with E-state index in [0.29, 0.717) is 11.6 Å². The van der Waals surface area contributed by atoms with Crippen LogP contribution in [-0.2, 0) is 20.2 Å². The van der Waals surface area contributed by atoms with Crippen molar-refractivity contribution < 1.29 is 33.1 Å². The molecule has 1 aliphatic rings. The number of aliphatic hydroxyl groups is 1. The predicted octanol–water partition coefficient (Wildman–Crippen LogP) is -0.0306. The van der Waals surface area contributed by atoms with Gasteiger partial charge in [0.1, 0.15) is 17.7 Å². The molecule has 4 heterocycles. The number of fused-ring (bicyclic) bond motifs is 1. The molecule has 3 aromatic rings. The van der Waals surface area contributed by atoms with Crippen LogP contribution >= 0.6 is 20.5 Å². The van der Waals surface area contributed by atoms with Crippen LogP contribution in [0.4, 0.5) is 0 Å². The van der Waals surface area contributed by atoms with E-state index in [1.807, 2.05) is 0 Å². The smallest absolute Gasteiger partial charge is 0.469 e. The van der Waals surface area contributed by atoms with E-state index in [0.717, 1.165) is 0 Å². The number of nitrogens with zero attached hydrogens (tertiary/aromatic N) is 3. The van der Waals surface area contributed by atoms with Crippen LogP contribution in [0.2, 0.25) is 0 Å². The van der Waals surface area contributed by atoms with Gasteiger partial charge in [0.05, 0.1) is 37.0 Å². The number of hydrogen-bond donors (Lipinski definition) is 5. The molecule has 12 nitrogen and oxygen atoms in total. The fourth-order valence-electron chi connectivity index (χ4n) is 3.09. The number of aromatic amines is 1. The lowest BCUT2D eigenvalue weighted by molar-refractivity contribution is -0.0422. The summed E-state index contributed by atoms with van der Waals surface area (Å²) < 4.78 is 27.7. The highest BCUT2D eigenvalue weighted by Gasteiger charge is 2.44. The minimum atomic E-state index is -4.73. The van der Waals surface area contributed by atoms with E-state index >= 15 is 0 Å². The highest BCUT2D eigenvalue weighted by atomic mass is 32.1. The third-order valence-electron chi connectivity index (χ3n) is 4.42. The number of phosphoric ester groups is 1. The summed E-state index contributed by atoms with van der Waals surface area (Å²) in [4.78, 5) is 41.2. The van der Waals surface area contributed by atoms with Gasteiger partial charge in [-0.05, 0) is 12.1 Å². The summed E-state index contributed by atoms with van der Waals surface area (Å²) in [5.74, 6) is 0.947. The third kappa shape index (κ3) is 4.16. The molecule has 0 amide bonds. The zero-order chi connectivity index (χ0) is 20.8. The first-order chi connectivity index (χ1) is 13.7. The molecule has 0 saturated carbocycles. The molecule has 4 N–H and O–H groups in total. The van der Waals surface area contributed by atoms with Crippen molar-refractivity contribution in [2.24, 2.45) is 0 Å². The Morgan fingerprint density at radius 3 is 2.90 bits per heavy atom. The number of aliphatic hydroxyl groups excluding tert-OH is 1. The second-order valence-electron chi connectivity index (χ2n) is 6.43. The van der Waals surface area contributed by atoms with Gasteiger partial charge < -0.3 is 29.0 Å². The molecular formula is C15H17N4O8PS. The summed E-state index contributed by atoms with van der Waals surface area (Å²) in [5, 5.41) is 9.52. The fraction of sp³-hybridized carbons (Fsp3) is 0.400. The van der Waals surface area contributed by atoms with Gasteiger partial charge in [0, 0.05) is 0 Å². The van der Waals surface area contributed by atoms with Crippen LogP contribution in [0, 0.1) is 0 Å². The quantitative estimate of drug-likeness (QED) is 0.257. The minimum Gasteiger partial charge on any atom is -0.469 e. The first-order valence-corrected chi connectivity index (χ1v) is 10.5. The maximum atomic E-state index is 12.4. The molecule has 0 spiro atoms. The van der Waals surface area contributed by atoms with E-state index in [1.54, 1.807) is 12.1 Å². The van der Waals surface area contributed by atoms with E-state index in [-0.39, 0.29) is 17.6 Å². The SMILES string of the molecule is O=c1[nH]c(Cc2ccco2)nc2c1ncn2[C@@H]1O[C@H](COP(=O)(O)O)[C@@H](O)[C@H]1S. The third-order valence-corrected chi connectivity index (χ3v) is 5.47. The van der Waals surface area contributed by atoms with Crippen LogP contribution < -0.4 is 5.56 Å². The monoisotopic (exact) mass is 444 g/mol. The first-order valence-electron chi connectivity index (χ1n) is 8.43. The fourth-order valence-corrected chi connectivity index (χ4v) is 3.83. The van der Waals surface area contributed by atoms with Crippen LogP contribution in [0.3, 0.4) is 0 Å². The number of furan rings is 1. The van der Waals surface area contributed by atoms with Gasteiger partial charge in [-0.3, -0.25) is 13.9 Å². The van der Waals surface area contributed by atoms with Crippen molar-refractivity contribution in [3.05, 3.63) is 46.7 Å². The molecule has 0 unspecified atom stereocenters. The highest BCUT2D eigenvalue weighted by Crippen LogP contribution is 2.39. The number of phosphoric acid groups is 1. The summed E-state index contributed by atoms with van der Waals surface area (Å²) in [7, 11) is -4.73. The number of ether oxygens (including phenoxy) is 1. The van der Waals surface area contributed by atoms with Crippen molar-refractivity contribution in [2.45, 2.75) is 30.1 Å². The molecule has 0 radical (unpaired) electrons. The van der Waals surface area contributed by atoms with E-state index in [9.17, 15) is 14.5 Å². The van der Waals surface area contributed by atoms with Gasteiger partial charge in [-0.1, -0.05) is 0 Å². The van der Waals surface area contributed by atoms with Gasteiger partial charge in [-0.15, -0.1) is 0 Å². The maximum Gasteiger partial charge on any atom is 0.469 e. The van der Waals surface area contributed by atoms with Crippen molar-refractivity contribution in [3.8, 4) is 0 Å². The Kier molecular flexibility index (Phi) is 5.38. The van der Waals surface area contributed by atoms with Crippen LogP contribution in [0.5, 0.6) is 0 Å². The second-order valence-corrected chi connectivity index (χ2v) is 8.26. The lowest BCUT2D eigenvalue weighted by atomic mass is 10.2. The van der Waals surface area contributed by atoms with E-state index < -0.39 is 43.7 Å². The Bertz CT molecular complexity index is 1110. The van der Waals surface area contributed by atoms with E-state index in [1.165, 1.54) is 17.2 Å². The minimum absolute atomic E-state index is 0.0711. The van der Waals surface area contributed by atoms with Gasteiger partial charge in [0.15, 0.2) is 17.4 Å². The van der Waals surface area contributed by atoms with E-state index in [2.05, 4.69) is 32.1 Å². The molecule has 14 heteroatoms. The van der Waals surface area contributed by atoms with Crippen LogP contribution in [0.1, 0.15) is 17.8 Å². The standard InChI is InChI=1S/C15H17N4O8PS/c20-11-8(5-26-28(22,23)24)27-15(12(11)29)19-6-16-10-13(19)17-9(18-14(10)21)4-7-2-1-3-25-7/h1-3,6,8,11-12,15,20,29H,4-5H2,(H,17,18,21)(H2,22,23,24)/t8-,11-,12-,15-/m1/s1. The van der Waals surface area contributed by atoms with Gasteiger partial charge in [-0.25, -0.2) is 14.5 Å². The normalized spacial score (nSPS) is 25.1. The molecule has 29 heavy (non-hydrogen) atoms.